The maximum absolute atomic E-state index is 11.1. The molecule has 0 radical (unpaired) electrons. The molecule has 6 heteroatoms. The minimum atomic E-state index is -0.469. The number of rotatable bonds is 4. The summed E-state index contributed by atoms with van der Waals surface area (Å²) in [4.78, 5) is 16.4. The van der Waals surface area contributed by atoms with Gasteiger partial charge in [0.1, 0.15) is 0 Å². The normalized spacial score (nSPS) is 10.3. The Morgan fingerprint density at radius 2 is 2.33 bits per heavy atom. The van der Waals surface area contributed by atoms with E-state index in [-0.39, 0.29) is 0 Å². The van der Waals surface area contributed by atoms with Crippen LogP contribution >= 0.6 is 22.9 Å². The molecule has 0 saturated heterocycles. The number of thiazole rings is 1. The largest absolute Gasteiger partial charge is 0.379 e. The first kappa shape index (κ1) is 12.9. The zero-order valence-electron chi connectivity index (χ0n) is 9.74. The molecule has 4 nitrogen and oxygen atoms in total. The van der Waals surface area contributed by atoms with Crippen molar-refractivity contribution in [2.75, 3.05) is 5.32 Å². The number of primary amides is 1. The second kappa shape index (κ2) is 5.37. The van der Waals surface area contributed by atoms with Crippen molar-refractivity contribution in [3.05, 3.63) is 44.9 Å². The van der Waals surface area contributed by atoms with Gasteiger partial charge in [-0.05, 0) is 25.1 Å². The Balaban J connectivity index is 2.16. The van der Waals surface area contributed by atoms with Gasteiger partial charge in [0, 0.05) is 10.4 Å². The number of halogens is 1. The van der Waals surface area contributed by atoms with Crippen LogP contribution in [0.15, 0.2) is 23.7 Å². The molecule has 3 N–H and O–H groups in total. The van der Waals surface area contributed by atoms with E-state index in [9.17, 15) is 4.79 Å². The van der Waals surface area contributed by atoms with Crippen LogP contribution in [0.3, 0.4) is 0 Å². The molecule has 0 aliphatic rings. The second-order valence-corrected chi connectivity index (χ2v) is 5.12. The number of aryl methyl sites for hydroxylation is 1. The van der Waals surface area contributed by atoms with Crippen LogP contribution in [0.1, 0.15) is 20.9 Å². The molecule has 0 saturated carbocycles. The lowest BCUT2D eigenvalue weighted by atomic mass is 10.2. The molecule has 2 aromatic rings. The molecule has 1 aromatic heterocycles. The third kappa shape index (κ3) is 2.80. The highest BCUT2D eigenvalue weighted by atomic mass is 35.5. The number of amides is 1. The molecule has 1 aromatic carbocycles. The molecule has 0 atom stereocenters. The van der Waals surface area contributed by atoms with Gasteiger partial charge in [0.15, 0.2) is 0 Å². The first-order chi connectivity index (χ1) is 8.58. The van der Waals surface area contributed by atoms with Gasteiger partial charge in [-0.3, -0.25) is 4.79 Å². The molecule has 0 aliphatic carbocycles. The number of nitrogens with one attached hydrogen (secondary N) is 1. The monoisotopic (exact) mass is 281 g/mol. The van der Waals surface area contributed by atoms with Gasteiger partial charge in [0.2, 0.25) is 5.91 Å². The second-order valence-electron chi connectivity index (χ2n) is 3.77. The molecular formula is C12H12ClN3OS. The number of nitrogens with two attached hydrogens (primary N) is 1. The van der Waals surface area contributed by atoms with E-state index in [1.807, 2.05) is 6.92 Å². The van der Waals surface area contributed by atoms with Crippen LogP contribution in [-0.4, -0.2) is 10.9 Å². The molecule has 1 amide bonds. The maximum atomic E-state index is 11.1. The molecule has 0 bridgehead atoms. The molecule has 0 unspecified atom stereocenters. The third-order valence-electron chi connectivity index (χ3n) is 2.54. The van der Waals surface area contributed by atoms with E-state index >= 15 is 0 Å². The number of anilines is 1. The summed E-state index contributed by atoms with van der Waals surface area (Å²) in [7, 11) is 0. The van der Waals surface area contributed by atoms with E-state index in [0.717, 1.165) is 10.6 Å². The molecule has 18 heavy (non-hydrogen) atoms. The number of hydrogen-bond donors (Lipinski definition) is 2. The van der Waals surface area contributed by atoms with E-state index in [2.05, 4.69) is 10.3 Å². The molecule has 2 rings (SSSR count). The van der Waals surface area contributed by atoms with E-state index in [1.165, 1.54) is 0 Å². The van der Waals surface area contributed by atoms with Crippen molar-refractivity contribution in [2.45, 2.75) is 13.5 Å². The SMILES string of the molecule is Cc1ncsc1CNc1cc(C(N)=O)ccc1Cl. The lowest BCUT2D eigenvalue weighted by Gasteiger charge is -2.08. The van der Waals surface area contributed by atoms with Crippen LogP contribution in [0.25, 0.3) is 0 Å². The summed E-state index contributed by atoms with van der Waals surface area (Å²) in [6.07, 6.45) is 0. The van der Waals surface area contributed by atoms with Crippen LogP contribution in [0.4, 0.5) is 5.69 Å². The summed E-state index contributed by atoms with van der Waals surface area (Å²) < 4.78 is 0. The molecule has 0 spiro atoms. The van der Waals surface area contributed by atoms with Gasteiger partial charge in [0.25, 0.3) is 0 Å². The van der Waals surface area contributed by atoms with Crippen molar-refractivity contribution < 1.29 is 4.79 Å². The zero-order valence-corrected chi connectivity index (χ0v) is 11.3. The third-order valence-corrected chi connectivity index (χ3v) is 3.80. The number of carbonyl (C=O) groups is 1. The summed E-state index contributed by atoms with van der Waals surface area (Å²) in [5, 5.41) is 3.74. The Hall–Kier alpha value is -1.59. The summed E-state index contributed by atoms with van der Waals surface area (Å²) in [5.74, 6) is -0.469. The standard InChI is InChI=1S/C12H12ClN3OS/c1-7-11(18-6-16-7)5-15-10-4-8(12(14)17)2-3-9(10)13/h2-4,6,15H,5H2,1H3,(H2,14,17). The number of nitrogens with zero attached hydrogens (tertiary/aromatic N) is 1. The van der Waals surface area contributed by atoms with Gasteiger partial charge < -0.3 is 11.1 Å². The Labute approximate surface area is 114 Å². The van der Waals surface area contributed by atoms with Gasteiger partial charge in [-0.2, -0.15) is 0 Å². The topological polar surface area (TPSA) is 68.0 Å². The highest BCUT2D eigenvalue weighted by Crippen LogP contribution is 2.24. The van der Waals surface area contributed by atoms with E-state index in [1.54, 1.807) is 35.0 Å². The quantitative estimate of drug-likeness (QED) is 0.905. The Bertz CT molecular complexity index is 582. The number of aromatic nitrogens is 1. The van der Waals surface area contributed by atoms with Crippen LogP contribution in [0.2, 0.25) is 5.02 Å². The van der Waals surface area contributed by atoms with Gasteiger partial charge in [-0.25, -0.2) is 4.98 Å². The number of carbonyl (C=O) groups excluding carboxylic acids is 1. The minimum absolute atomic E-state index is 0.433. The van der Waals surface area contributed by atoms with Crippen LogP contribution in [0.5, 0.6) is 0 Å². The fraction of sp³-hybridized carbons (Fsp3) is 0.167. The zero-order chi connectivity index (χ0) is 13.1. The fourth-order valence-electron chi connectivity index (χ4n) is 1.49. The van der Waals surface area contributed by atoms with E-state index in [0.29, 0.717) is 22.8 Å². The summed E-state index contributed by atoms with van der Waals surface area (Å²) >= 11 is 7.63. The van der Waals surface area contributed by atoms with Gasteiger partial charge in [-0.15, -0.1) is 11.3 Å². The van der Waals surface area contributed by atoms with Crippen LogP contribution in [-0.2, 0) is 6.54 Å². The summed E-state index contributed by atoms with van der Waals surface area (Å²) in [6, 6.07) is 4.92. The molecule has 0 fully saturated rings. The minimum Gasteiger partial charge on any atom is -0.379 e. The first-order valence-electron chi connectivity index (χ1n) is 5.30. The van der Waals surface area contributed by atoms with Crippen LogP contribution in [0, 0.1) is 6.92 Å². The predicted octanol–water partition coefficient (Wildman–Crippen LogP) is 2.82. The average molecular weight is 282 g/mol. The van der Waals surface area contributed by atoms with E-state index < -0.39 is 5.91 Å². The smallest absolute Gasteiger partial charge is 0.248 e. The number of benzene rings is 1. The highest BCUT2D eigenvalue weighted by Gasteiger charge is 2.07. The summed E-state index contributed by atoms with van der Waals surface area (Å²) in [5.41, 5.74) is 9.15. The Morgan fingerprint density at radius 3 is 2.94 bits per heavy atom. The first-order valence-corrected chi connectivity index (χ1v) is 6.56. The van der Waals surface area contributed by atoms with Crippen molar-refractivity contribution in [1.29, 1.82) is 0 Å². The van der Waals surface area contributed by atoms with Crippen LogP contribution < -0.4 is 11.1 Å². The highest BCUT2D eigenvalue weighted by molar-refractivity contribution is 7.09. The lowest BCUT2D eigenvalue weighted by molar-refractivity contribution is 0.100. The van der Waals surface area contributed by atoms with Crippen molar-refractivity contribution >= 4 is 34.5 Å². The fourth-order valence-corrected chi connectivity index (χ4v) is 2.39. The van der Waals surface area contributed by atoms with Gasteiger partial charge >= 0.3 is 0 Å². The predicted molar refractivity (Wildman–Crippen MR) is 74.1 cm³/mol. The maximum Gasteiger partial charge on any atom is 0.248 e. The summed E-state index contributed by atoms with van der Waals surface area (Å²) in [6.45, 7) is 2.58. The molecule has 1 heterocycles. The lowest BCUT2D eigenvalue weighted by Crippen LogP contribution is -2.11. The molecular weight excluding hydrogens is 270 g/mol. The van der Waals surface area contributed by atoms with Crippen molar-refractivity contribution in [3.63, 3.8) is 0 Å². The Morgan fingerprint density at radius 1 is 1.56 bits per heavy atom. The van der Waals surface area contributed by atoms with E-state index in [4.69, 9.17) is 17.3 Å². The average Bonchev–Trinajstić information content (AvgIpc) is 2.73. The van der Waals surface area contributed by atoms with Crippen molar-refractivity contribution in [3.8, 4) is 0 Å². The van der Waals surface area contributed by atoms with Gasteiger partial charge in [-0.1, -0.05) is 11.6 Å². The van der Waals surface area contributed by atoms with Crippen molar-refractivity contribution in [2.24, 2.45) is 5.73 Å². The van der Waals surface area contributed by atoms with Gasteiger partial charge in [0.05, 0.1) is 28.5 Å². The Kier molecular flexibility index (Phi) is 3.84. The number of hydrogen-bond acceptors (Lipinski definition) is 4. The molecule has 94 valence electrons. The molecule has 0 aliphatic heterocycles. The van der Waals surface area contributed by atoms with Crippen molar-refractivity contribution in [1.82, 2.24) is 4.98 Å².